The second-order valence-corrected chi connectivity index (χ2v) is 5.10. The number of methoxy groups -OCH3 is 1. The first-order chi connectivity index (χ1) is 9.86. The van der Waals surface area contributed by atoms with E-state index in [0.29, 0.717) is 25.2 Å². The normalized spacial score (nSPS) is 17.9. The van der Waals surface area contributed by atoms with Crippen LogP contribution in [0.1, 0.15) is 24.4 Å². The van der Waals surface area contributed by atoms with Crippen molar-refractivity contribution in [3.63, 3.8) is 0 Å². The van der Waals surface area contributed by atoms with E-state index in [4.69, 9.17) is 14.2 Å². The third kappa shape index (κ3) is 3.95. The fourth-order valence-corrected chi connectivity index (χ4v) is 2.80. The van der Waals surface area contributed by atoms with Crippen LogP contribution < -0.4 is 10.1 Å². The van der Waals surface area contributed by atoms with Crippen LogP contribution in [0.5, 0.6) is 5.75 Å². The molecule has 1 heterocycles. The summed E-state index contributed by atoms with van der Waals surface area (Å²) in [6.45, 7) is 2.90. The maximum absolute atomic E-state index is 5.85. The lowest BCUT2D eigenvalue weighted by atomic mass is 9.87. The van der Waals surface area contributed by atoms with Gasteiger partial charge in [-0.2, -0.15) is 0 Å². The minimum Gasteiger partial charge on any atom is -0.491 e. The van der Waals surface area contributed by atoms with Crippen molar-refractivity contribution < 1.29 is 14.2 Å². The summed E-state index contributed by atoms with van der Waals surface area (Å²) in [6.07, 6.45) is 2.19. The van der Waals surface area contributed by atoms with Gasteiger partial charge < -0.3 is 19.5 Å². The molecule has 1 aromatic rings. The Kier molecular flexibility index (Phi) is 6.30. The number of para-hydroxylation sites is 1. The highest BCUT2D eigenvalue weighted by atomic mass is 16.5. The predicted molar refractivity (Wildman–Crippen MR) is 79.2 cm³/mol. The molecular weight excluding hydrogens is 254 g/mol. The Balaban J connectivity index is 2.11. The van der Waals surface area contributed by atoms with Crippen molar-refractivity contribution in [1.82, 2.24) is 5.32 Å². The Bertz CT molecular complexity index is 391. The van der Waals surface area contributed by atoms with Gasteiger partial charge in [0.2, 0.25) is 0 Å². The molecule has 4 heteroatoms. The standard InChI is InChI=1S/C16H25NO3/c1-17-16(13-7-9-19-10-8-13)14-5-3-4-6-15(14)20-12-11-18-2/h3-6,13,16-17H,7-12H2,1-2H3. The molecule has 4 nitrogen and oxygen atoms in total. The largest absolute Gasteiger partial charge is 0.491 e. The summed E-state index contributed by atoms with van der Waals surface area (Å²) in [5.41, 5.74) is 1.23. The molecule has 1 unspecified atom stereocenters. The Morgan fingerprint density at radius 1 is 1.25 bits per heavy atom. The summed E-state index contributed by atoms with van der Waals surface area (Å²) < 4.78 is 16.4. The van der Waals surface area contributed by atoms with Gasteiger partial charge in [0.1, 0.15) is 12.4 Å². The average molecular weight is 279 g/mol. The first kappa shape index (κ1) is 15.3. The molecule has 1 N–H and O–H groups in total. The maximum Gasteiger partial charge on any atom is 0.124 e. The van der Waals surface area contributed by atoms with Gasteiger partial charge in [-0.15, -0.1) is 0 Å². The number of hydrogen-bond acceptors (Lipinski definition) is 4. The zero-order valence-electron chi connectivity index (χ0n) is 12.4. The van der Waals surface area contributed by atoms with Crippen molar-refractivity contribution in [2.75, 3.05) is 40.6 Å². The summed E-state index contributed by atoms with van der Waals surface area (Å²) in [4.78, 5) is 0. The van der Waals surface area contributed by atoms with Crippen LogP contribution in [-0.4, -0.2) is 40.6 Å². The number of ether oxygens (including phenoxy) is 3. The zero-order valence-corrected chi connectivity index (χ0v) is 12.4. The van der Waals surface area contributed by atoms with Crippen molar-refractivity contribution in [3.8, 4) is 5.75 Å². The average Bonchev–Trinajstić information content (AvgIpc) is 2.51. The van der Waals surface area contributed by atoms with Crippen LogP contribution >= 0.6 is 0 Å². The van der Waals surface area contributed by atoms with E-state index in [1.807, 2.05) is 19.2 Å². The van der Waals surface area contributed by atoms with Crippen molar-refractivity contribution in [1.29, 1.82) is 0 Å². The zero-order chi connectivity index (χ0) is 14.2. The summed E-state index contributed by atoms with van der Waals surface area (Å²) in [7, 11) is 3.71. The molecule has 1 aliphatic heterocycles. The van der Waals surface area contributed by atoms with Crippen LogP contribution in [0.15, 0.2) is 24.3 Å². The highest BCUT2D eigenvalue weighted by molar-refractivity contribution is 5.36. The van der Waals surface area contributed by atoms with Gasteiger partial charge in [0.15, 0.2) is 0 Å². The summed E-state index contributed by atoms with van der Waals surface area (Å²) >= 11 is 0. The van der Waals surface area contributed by atoms with E-state index in [-0.39, 0.29) is 0 Å². The molecule has 0 spiro atoms. The van der Waals surface area contributed by atoms with Crippen molar-refractivity contribution >= 4 is 0 Å². The second kappa shape index (κ2) is 8.25. The molecular formula is C16H25NO3. The van der Waals surface area contributed by atoms with Crippen molar-refractivity contribution in [3.05, 3.63) is 29.8 Å². The molecule has 1 atom stereocenters. The summed E-state index contributed by atoms with van der Waals surface area (Å²) in [5, 5.41) is 3.45. The molecule has 0 aliphatic carbocycles. The first-order valence-electron chi connectivity index (χ1n) is 7.32. The van der Waals surface area contributed by atoms with E-state index in [2.05, 4.69) is 17.4 Å². The van der Waals surface area contributed by atoms with Gasteiger partial charge in [0.05, 0.1) is 6.61 Å². The fourth-order valence-electron chi connectivity index (χ4n) is 2.80. The van der Waals surface area contributed by atoms with Crippen LogP contribution in [0.4, 0.5) is 0 Å². The number of hydrogen-bond donors (Lipinski definition) is 1. The summed E-state index contributed by atoms with van der Waals surface area (Å²) in [6, 6.07) is 8.59. The molecule has 1 fully saturated rings. The van der Waals surface area contributed by atoms with E-state index in [1.54, 1.807) is 7.11 Å². The molecule has 0 amide bonds. The lowest BCUT2D eigenvalue weighted by Crippen LogP contribution is -2.30. The second-order valence-electron chi connectivity index (χ2n) is 5.10. The van der Waals surface area contributed by atoms with E-state index in [9.17, 15) is 0 Å². The number of nitrogens with one attached hydrogen (secondary N) is 1. The molecule has 1 saturated heterocycles. The molecule has 2 rings (SSSR count). The Morgan fingerprint density at radius 2 is 2.00 bits per heavy atom. The third-order valence-corrected chi connectivity index (χ3v) is 3.85. The van der Waals surface area contributed by atoms with Crippen LogP contribution in [0.3, 0.4) is 0 Å². The predicted octanol–water partition coefficient (Wildman–Crippen LogP) is 2.40. The van der Waals surface area contributed by atoms with Gasteiger partial charge in [-0.1, -0.05) is 18.2 Å². The monoisotopic (exact) mass is 279 g/mol. The van der Waals surface area contributed by atoms with Gasteiger partial charge >= 0.3 is 0 Å². The quantitative estimate of drug-likeness (QED) is 0.778. The fraction of sp³-hybridized carbons (Fsp3) is 0.625. The third-order valence-electron chi connectivity index (χ3n) is 3.85. The highest BCUT2D eigenvalue weighted by Gasteiger charge is 2.26. The Hall–Kier alpha value is -1.10. The smallest absolute Gasteiger partial charge is 0.124 e. The van der Waals surface area contributed by atoms with Gasteiger partial charge in [0, 0.05) is 31.9 Å². The lowest BCUT2D eigenvalue weighted by molar-refractivity contribution is 0.0540. The molecule has 112 valence electrons. The van der Waals surface area contributed by atoms with E-state index < -0.39 is 0 Å². The minimum atomic E-state index is 0.317. The van der Waals surface area contributed by atoms with Gasteiger partial charge in [0.25, 0.3) is 0 Å². The Labute approximate surface area is 121 Å². The molecule has 20 heavy (non-hydrogen) atoms. The highest BCUT2D eigenvalue weighted by Crippen LogP contribution is 2.34. The van der Waals surface area contributed by atoms with Gasteiger partial charge in [-0.05, 0) is 31.9 Å². The van der Waals surface area contributed by atoms with Crippen LogP contribution in [-0.2, 0) is 9.47 Å². The number of benzene rings is 1. The summed E-state index contributed by atoms with van der Waals surface area (Å²) in [5.74, 6) is 1.55. The van der Waals surface area contributed by atoms with Crippen LogP contribution in [0.2, 0.25) is 0 Å². The first-order valence-corrected chi connectivity index (χ1v) is 7.32. The molecule has 0 aromatic heterocycles. The Morgan fingerprint density at radius 3 is 2.70 bits per heavy atom. The SMILES string of the molecule is CNC(c1ccccc1OCCOC)C1CCOCC1. The van der Waals surface area contributed by atoms with E-state index in [1.165, 1.54) is 5.56 Å². The minimum absolute atomic E-state index is 0.317. The van der Waals surface area contributed by atoms with Crippen molar-refractivity contribution in [2.24, 2.45) is 5.92 Å². The molecule has 1 aliphatic rings. The number of rotatable bonds is 7. The molecule has 0 bridgehead atoms. The lowest BCUT2D eigenvalue weighted by Gasteiger charge is -2.31. The maximum atomic E-state index is 5.85. The van der Waals surface area contributed by atoms with E-state index in [0.717, 1.165) is 31.8 Å². The van der Waals surface area contributed by atoms with Gasteiger partial charge in [-0.25, -0.2) is 0 Å². The van der Waals surface area contributed by atoms with Crippen LogP contribution in [0.25, 0.3) is 0 Å². The molecule has 0 radical (unpaired) electrons. The molecule has 0 saturated carbocycles. The van der Waals surface area contributed by atoms with Crippen molar-refractivity contribution in [2.45, 2.75) is 18.9 Å². The van der Waals surface area contributed by atoms with Gasteiger partial charge in [-0.3, -0.25) is 0 Å². The molecule has 1 aromatic carbocycles. The van der Waals surface area contributed by atoms with E-state index >= 15 is 0 Å². The topological polar surface area (TPSA) is 39.7 Å². The van der Waals surface area contributed by atoms with Crippen LogP contribution in [0, 0.1) is 5.92 Å².